The summed E-state index contributed by atoms with van der Waals surface area (Å²) in [4.78, 5) is 18.8. The van der Waals surface area contributed by atoms with Crippen LogP contribution in [0.4, 0.5) is 0 Å². The van der Waals surface area contributed by atoms with E-state index < -0.39 is 0 Å². The van der Waals surface area contributed by atoms with E-state index in [0.717, 1.165) is 53.2 Å². The van der Waals surface area contributed by atoms with E-state index >= 15 is 0 Å². The van der Waals surface area contributed by atoms with Gasteiger partial charge in [-0.25, -0.2) is 15.0 Å². The van der Waals surface area contributed by atoms with Gasteiger partial charge in [0.25, 0.3) is 0 Å². The molecule has 1 unspecified atom stereocenters. The average molecular weight is 396 g/mol. The first-order valence-electron chi connectivity index (χ1n) is 10.6. The number of allylic oxidation sites excluding steroid dienone is 3. The van der Waals surface area contributed by atoms with Gasteiger partial charge in [-0.05, 0) is 50.5 Å². The highest BCUT2D eigenvalue weighted by Crippen LogP contribution is 2.31. The molecule has 5 rings (SSSR count). The van der Waals surface area contributed by atoms with Gasteiger partial charge >= 0.3 is 0 Å². The van der Waals surface area contributed by atoms with Gasteiger partial charge in [0.2, 0.25) is 0 Å². The highest BCUT2D eigenvalue weighted by molar-refractivity contribution is 5.75. The third-order valence-electron chi connectivity index (χ3n) is 6.02. The largest absolute Gasteiger partial charge is 0.304 e. The topological polar surface area (TPSA) is 56.0 Å². The molecule has 0 fully saturated rings. The van der Waals surface area contributed by atoms with Gasteiger partial charge in [0.1, 0.15) is 17.0 Å². The van der Waals surface area contributed by atoms with E-state index in [4.69, 9.17) is 9.97 Å². The molecule has 0 spiro atoms. The first kappa shape index (κ1) is 18.7. The molecule has 5 nitrogen and oxygen atoms in total. The molecule has 4 aromatic heterocycles. The maximum atomic E-state index is 5.05. The SMILES string of the molecule is CCC1C=CC=Cc2c1ccn1c(C)c(CCc3nc(C)c4ncccc4n3)nc21. The van der Waals surface area contributed by atoms with Crippen LogP contribution in [0.25, 0.3) is 22.8 Å². The van der Waals surface area contributed by atoms with E-state index in [0.29, 0.717) is 5.92 Å². The van der Waals surface area contributed by atoms with E-state index in [9.17, 15) is 0 Å². The Morgan fingerprint density at radius 1 is 1.03 bits per heavy atom. The summed E-state index contributed by atoms with van der Waals surface area (Å²) in [7, 11) is 0. The summed E-state index contributed by atoms with van der Waals surface area (Å²) in [6.45, 7) is 6.38. The van der Waals surface area contributed by atoms with Crippen molar-refractivity contribution in [2.24, 2.45) is 0 Å². The smallest absolute Gasteiger partial charge is 0.144 e. The lowest BCUT2D eigenvalue weighted by Crippen LogP contribution is -2.02. The van der Waals surface area contributed by atoms with Gasteiger partial charge < -0.3 is 4.40 Å². The zero-order chi connectivity index (χ0) is 20.7. The van der Waals surface area contributed by atoms with Crippen LogP contribution < -0.4 is 0 Å². The van der Waals surface area contributed by atoms with Gasteiger partial charge in [-0.15, -0.1) is 0 Å². The Morgan fingerprint density at radius 2 is 1.93 bits per heavy atom. The normalized spacial score (nSPS) is 15.6. The van der Waals surface area contributed by atoms with Crippen molar-refractivity contribution < 1.29 is 0 Å². The van der Waals surface area contributed by atoms with Crippen molar-refractivity contribution in [1.29, 1.82) is 0 Å². The molecule has 0 N–H and O–H groups in total. The lowest BCUT2D eigenvalue weighted by Gasteiger charge is -2.13. The molecule has 4 aromatic rings. The maximum Gasteiger partial charge on any atom is 0.144 e. The highest BCUT2D eigenvalue weighted by atomic mass is 15.0. The summed E-state index contributed by atoms with van der Waals surface area (Å²) in [6.07, 6.45) is 15.3. The fourth-order valence-corrected chi connectivity index (χ4v) is 4.37. The minimum Gasteiger partial charge on any atom is -0.304 e. The second-order valence-corrected chi connectivity index (χ2v) is 7.88. The van der Waals surface area contributed by atoms with E-state index in [1.165, 1.54) is 16.8 Å². The van der Waals surface area contributed by atoms with Crippen molar-refractivity contribution in [3.63, 3.8) is 0 Å². The minimum absolute atomic E-state index is 0.433. The fraction of sp³-hybridized carbons (Fsp3) is 0.280. The molecule has 150 valence electrons. The number of hydrogen-bond acceptors (Lipinski definition) is 4. The number of rotatable bonds is 4. The molecule has 1 atom stereocenters. The van der Waals surface area contributed by atoms with Gasteiger partial charge in [-0.1, -0.05) is 31.2 Å². The van der Waals surface area contributed by atoms with Gasteiger partial charge in [-0.2, -0.15) is 0 Å². The number of hydrogen-bond donors (Lipinski definition) is 0. The van der Waals surface area contributed by atoms with Crippen molar-refractivity contribution >= 4 is 22.8 Å². The minimum atomic E-state index is 0.433. The molecule has 0 radical (unpaired) electrons. The first-order valence-corrected chi connectivity index (χ1v) is 10.6. The van der Waals surface area contributed by atoms with Crippen molar-refractivity contribution in [3.8, 4) is 0 Å². The Bertz CT molecular complexity index is 1310. The Morgan fingerprint density at radius 3 is 2.80 bits per heavy atom. The maximum absolute atomic E-state index is 5.05. The molecule has 0 saturated heterocycles. The standard InChI is InChI=1S/C25H25N5/c1-4-18-8-5-6-9-20-19(18)13-15-30-17(3)21(29-25(20)30)11-12-23-27-16(2)24-22(28-23)10-7-14-26-24/h5-10,13-15,18H,4,11-12H2,1-3H3. The third-order valence-corrected chi connectivity index (χ3v) is 6.02. The van der Waals surface area contributed by atoms with Crippen LogP contribution in [0.3, 0.4) is 0 Å². The molecule has 5 heteroatoms. The monoisotopic (exact) mass is 395 g/mol. The van der Waals surface area contributed by atoms with E-state index in [1.54, 1.807) is 6.20 Å². The highest BCUT2D eigenvalue weighted by Gasteiger charge is 2.18. The van der Waals surface area contributed by atoms with Gasteiger partial charge in [0, 0.05) is 36.0 Å². The molecule has 4 heterocycles. The molecular weight excluding hydrogens is 370 g/mol. The zero-order valence-corrected chi connectivity index (χ0v) is 17.6. The summed E-state index contributed by atoms with van der Waals surface area (Å²) in [6, 6.07) is 6.16. The Kier molecular flexibility index (Phi) is 4.66. The zero-order valence-electron chi connectivity index (χ0n) is 17.6. The van der Waals surface area contributed by atoms with Crippen LogP contribution in [0, 0.1) is 13.8 Å². The Labute approximate surface area is 176 Å². The van der Waals surface area contributed by atoms with Crippen molar-refractivity contribution in [3.05, 3.63) is 82.9 Å². The van der Waals surface area contributed by atoms with Crippen molar-refractivity contribution in [1.82, 2.24) is 24.3 Å². The molecule has 0 bridgehead atoms. The van der Waals surface area contributed by atoms with Crippen LogP contribution in [-0.4, -0.2) is 24.3 Å². The van der Waals surface area contributed by atoms with E-state index in [1.807, 2.05) is 19.1 Å². The van der Waals surface area contributed by atoms with E-state index in [-0.39, 0.29) is 0 Å². The lowest BCUT2D eigenvalue weighted by molar-refractivity contribution is 0.802. The van der Waals surface area contributed by atoms with Crippen LogP contribution in [-0.2, 0) is 12.8 Å². The number of aromatic nitrogens is 5. The molecule has 0 aliphatic heterocycles. The second-order valence-electron chi connectivity index (χ2n) is 7.88. The number of imidazole rings is 1. The predicted molar refractivity (Wildman–Crippen MR) is 121 cm³/mol. The molecular formula is C25H25N5. The summed E-state index contributed by atoms with van der Waals surface area (Å²) < 4.78 is 2.22. The summed E-state index contributed by atoms with van der Waals surface area (Å²) in [5.74, 6) is 1.28. The number of pyridine rings is 2. The van der Waals surface area contributed by atoms with Crippen molar-refractivity contribution in [2.75, 3.05) is 0 Å². The molecule has 0 saturated carbocycles. The average Bonchev–Trinajstić information content (AvgIpc) is 2.94. The molecule has 0 amide bonds. The summed E-state index contributed by atoms with van der Waals surface area (Å²) >= 11 is 0. The molecule has 0 aromatic carbocycles. The number of fused-ring (bicyclic) bond motifs is 4. The van der Waals surface area contributed by atoms with Gasteiger partial charge in [0.05, 0.1) is 16.9 Å². The first-order chi connectivity index (χ1) is 14.7. The Balaban J connectivity index is 1.50. The quantitative estimate of drug-likeness (QED) is 0.479. The fourth-order valence-electron chi connectivity index (χ4n) is 4.37. The third kappa shape index (κ3) is 3.11. The van der Waals surface area contributed by atoms with Gasteiger partial charge in [0.15, 0.2) is 0 Å². The van der Waals surface area contributed by atoms with Crippen LogP contribution in [0.5, 0.6) is 0 Å². The molecule has 1 aliphatic rings. The lowest BCUT2D eigenvalue weighted by atomic mass is 9.94. The number of aryl methyl sites for hydroxylation is 4. The summed E-state index contributed by atoms with van der Waals surface area (Å²) in [5.41, 5.74) is 8.62. The van der Waals surface area contributed by atoms with E-state index in [2.05, 4.69) is 64.8 Å². The molecule has 30 heavy (non-hydrogen) atoms. The van der Waals surface area contributed by atoms with Gasteiger partial charge in [-0.3, -0.25) is 4.98 Å². The summed E-state index contributed by atoms with van der Waals surface area (Å²) in [5, 5.41) is 0. The Hall–Kier alpha value is -3.34. The van der Waals surface area contributed by atoms with Crippen LogP contribution in [0.15, 0.2) is 48.8 Å². The second kappa shape index (κ2) is 7.48. The van der Waals surface area contributed by atoms with Crippen LogP contribution in [0.2, 0.25) is 0 Å². The number of nitrogens with zero attached hydrogens (tertiary/aromatic N) is 5. The van der Waals surface area contributed by atoms with Crippen LogP contribution in [0.1, 0.15) is 53.3 Å². The molecule has 1 aliphatic carbocycles. The van der Waals surface area contributed by atoms with Crippen LogP contribution >= 0.6 is 0 Å². The predicted octanol–water partition coefficient (Wildman–Crippen LogP) is 5.15. The van der Waals surface area contributed by atoms with Crippen molar-refractivity contribution in [2.45, 2.75) is 46.0 Å².